The van der Waals surface area contributed by atoms with Gasteiger partial charge in [-0.1, -0.05) is 45.4 Å². The van der Waals surface area contributed by atoms with Gasteiger partial charge in [-0.15, -0.1) is 0 Å². The first-order chi connectivity index (χ1) is 8.52. The molecule has 0 amide bonds. The third-order valence-corrected chi connectivity index (χ3v) is 3.62. The molecule has 2 heteroatoms. The molecule has 0 bridgehead atoms. The molecule has 18 heavy (non-hydrogen) atoms. The molecule has 0 saturated heterocycles. The maximum absolute atomic E-state index is 11.7. The van der Waals surface area contributed by atoms with Gasteiger partial charge < -0.3 is 4.74 Å². The molecule has 0 aromatic heterocycles. The largest absolute Gasteiger partial charge is 0.379 e. The van der Waals surface area contributed by atoms with Crippen LogP contribution in [0.3, 0.4) is 0 Å². The fourth-order valence-corrected chi connectivity index (χ4v) is 1.95. The van der Waals surface area contributed by atoms with Crippen LogP contribution in [0.5, 0.6) is 0 Å². The van der Waals surface area contributed by atoms with Gasteiger partial charge in [0, 0.05) is 20.0 Å². The third-order valence-electron chi connectivity index (χ3n) is 3.62. The quantitative estimate of drug-likeness (QED) is 0.464. The summed E-state index contributed by atoms with van der Waals surface area (Å²) in [6.45, 7) is 6.31. The molecule has 0 aromatic carbocycles. The molecule has 0 spiro atoms. The van der Waals surface area contributed by atoms with Gasteiger partial charge in [-0.2, -0.15) is 0 Å². The van der Waals surface area contributed by atoms with Crippen molar-refractivity contribution >= 4 is 5.78 Å². The topological polar surface area (TPSA) is 26.3 Å². The summed E-state index contributed by atoms with van der Waals surface area (Å²) >= 11 is 0. The minimum Gasteiger partial charge on any atom is -0.379 e. The number of Topliss-reactive ketones (excluding diaryl/α,β-unsaturated/α-hetero) is 1. The minimum atomic E-state index is -0.157. The standard InChI is InChI=1S/C16H32O2/c1-5-6-7-8-9-10-11-12-15(17)13-14-16(2,3)18-4/h5-14H2,1-4H3. The number of ketones is 1. The van der Waals surface area contributed by atoms with Crippen LogP contribution in [0, 0.1) is 0 Å². The van der Waals surface area contributed by atoms with E-state index in [1.54, 1.807) is 7.11 Å². The van der Waals surface area contributed by atoms with Crippen LogP contribution in [0.1, 0.15) is 85.0 Å². The highest BCUT2D eigenvalue weighted by atomic mass is 16.5. The molecular formula is C16H32O2. The molecule has 0 rings (SSSR count). The third kappa shape index (κ3) is 10.8. The fourth-order valence-electron chi connectivity index (χ4n) is 1.95. The molecule has 2 nitrogen and oxygen atoms in total. The zero-order valence-electron chi connectivity index (χ0n) is 12.9. The van der Waals surface area contributed by atoms with Crippen LogP contribution in [-0.2, 0) is 9.53 Å². The second kappa shape index (κ2) is 10.5. The van der Waals surface area contributed by atoms with Crippen LogP contribution in [0.25, 0.3) is 0 Å². The number of methoxy groups -OCH3 is 1. The number of carbonyl (C=O) groups is 1. The average molecular weight is 256 g/mol. The van der Waals surface area contributed by atoms with E-state index in [4.69, 9.17) is 4.74 Å². The Balaban J connectivity index is 3.38. The molecule has 0 aliphatic rings. The number of hydrogen-bond acceptors (Lipinski definition) is 2. The highest BCUT2D eigenvalue weighted by Gasteiger charge is 2.17. The van der Waals surface area contributed by atoms with Gasteiger partial charge in [-0.25, -0.2) is 0 Å². The molecule has 0 radical (unpaired) electrons. The van der Waals surface area contributed by atoms with E-state index in [2.05, 4.69) is 6.92 Å². The zero-order valence-corrected chi connectivity index (χ0v) is 12.9. The Morgan fingerprint density at radius 3 is 2.06 bits per heavy atom. The van der Waals surface area contributed by atoms with E-state index in [1.807, 2.05) is 13.8 Å². The predicted molar refractivity (Wildman–Crippen MR) is 77.9 cm³/mol. The molecule has 0 unspecified atom stereocenters. The number of unbranched alkanes of at least 4 members (excludes halogenated alkanes) is 6. The van der Waals surface area contributed by atoms with Gasteiger partial charge in [0.1, 0.15) is 5.78 Å². The molecule has 0 aliphatic carbocycles. The maximum atomic E-state index is 11.7. The normalized spacial score (nSPS) is 11.8. The Morgan fingerprint density at radius 1 is 0.944 bits per heavy atom. The van der Waals surface area contributed by atoms with Crippen molar-refractivity contribution in [2.75, 3.05) is 7.11 Å². The Kier molecular flexibility index (Phi) is 10.3. The Labute approximate surface area is 113 Å². The summed E-state index contributed by atoms with van der Waals surface area (Å²) in [5.41, 5.74) is -0.157. The van der Waals surface area contributed by atoms with Crippen molar-refractivity contribution in [2.45, 2.75) is 90.6 Å². The number of carbonyl (C=O) groups excluding carboxylic acids is 1. The lowest BCUT2D eigenvalue weighted by molar-refractivity contribution is -0.120. The van der Waals surface area contributed by atoms with E-state index in [9.17, 15) is 4.79 Å². The highest BCUT2D eigenvalue weighted by molar-refractivity contribution is 5.78. The second-order valence-electron chi connectivity index (χ2n) is 5.87. The van der Waals surface area contributed by atoms with E-state index in [1.165, 1.54) is 38.5 Å². The molecule has 0 fully saturated rings. The van der Waals surface area contributed by atoms with Gasteiger partial charge in [-0.3, -0.25) is 4.79 Å². The van der Waals surface area contributed by atoms with Gasteiger partial charge in [0.15, 0.2) is 0 Å². The van der Waals surface area contributed by atoms with E-state index in [0.29, 0.717) is 12.2 Å². The van der Waals surface area contributed by atoms with Crippen molar-refractivity contribution in [3.8, 4) is 0 Å². The Bertz CT molecular complexity index is 209. The van der Waals surface area contributed by atoms with Crippen molar-refractivity contribution in [3.63, 3.8) is 0 Å². The first-order valence-corrected chi connectivity index (χ1v) is 7.58. The first kappa shape index (κ1) is 17.6. The predicted octanol–water partition coefficient (Wildman–Crippen LogP) is 4.90. The van der Waals surface area contributed by atoms with Gasteiger partial charge in [-0.05, 0) is 26.7 Å². The van der Waals surface area contributed by atoms with Gasteiger partial charge in [0.05, 0.1) is 5.60 Å². The van der Waals surface area contributed by atoms with Crippen LogP contribution in [0.4, 0.5) is 0 Å². The van der Waals surface area contributed by atoms with E-state index >= 15 is 0 Å². The molecule has 0 aliphatic heterocycles. The SMILES string of the molecule is CCCCCCCCCC(=O)CCC(C)(C)OC. The summed E-state index contributed by atoms with van der Waals surface area (Å²) in [7, 11) is 1.71. The fraction of sp³-hybridized carbons (Fsp3) is 0.938. The number of rotatable bonds is 12. The summed E-state index contributed by atoms with van der Waals surface area (Å²) in [5.74, 6) is 0.397. The van der Waals surface area contributed by atoms with Gasteiger partial charge >= 0.3 is 0 Å². The van der Waals surface area contributed by atoms with Crippen molar-refractivity contribution in [2.24, 2.45) is 0 Å². The van der Waals surface area contributed by atoms with Crippen molar-refractivity contribution in [1.82, 2.24) is 0 Å². The summed E-state index contributed by atoms with van der Waals surface area (Å²) in [5, 5.41) is 0. The molecule has 0 aromatic rings. The van der Waals surface area contributed by atoms with Crippen molar-refractivity contribution < 1.29 is 9.53 Å². The minimum absolute atomic E-state index is 0.157. The summed E-state index contributed by atoms with van der Waals surface area (Å²) in [6.07, 6.45) is 11.2. The van der Waals surface area contributed by atoms with Gasteiger partial charge in [0.25, 0.3) is 0 Å². The van der Waals surface area contributed by atoms with E-state index in [0.717, 1.165) is 19.3 Å². The second-order valence-corrected chi connectivity index (χ2v) is 5.87. The first-order valence-electron chi connectivity index (χ1n) is 7.58. The summed E-state index contributed by atoms with van der Waals surface area (Å²) in [6, 6.07) is 0. The lowest BCUT2D eigenvalue weighted by atomic mass is 9.98. The van der Waals surface area contributed by atoms with Crippen LogP contribution >= 0.6 is 0 Å². The van der Waals surface area contributed by atoms with Gasteiger partial charge in [0.2, 0.25) is 0 Å². The lowest BCUT2D eigenvalue weighted by Crippen LogP contribution is -2.23. The molecule has 108 valence electrons. The zero-order chi connectivity index (χ0) is 13.9. The molecular weight excluding hydrogens is 224 g/mol. The maximum Gasteiger partial charge on any atom is 0.133 e. The van der Waals surface area contributed by atoms with Crippen LogP contribution in [0.15, 0.2) is 0 Å². The smallest absolute Gasteiger partial charge is 0.133 e. The molecule has 0 heterocycles. The Morgan fingerprint density at radius 2 is 1.50 bits per heavy atom. The van der Waals surface area contributed by atoms with Crippen LogP contribution in [-0.4, -0.2) is 18.5 Å². The lowest BCUT2D eigenvalue weighted by Gasteiger charge is -2.22. The van der Waals surface area contributed by atoms with Crippen LogP contribution in [0.2, 0.25) is 0 Å². The molecule has 0 atom stereocenters. The average Bonchev–Trinajstić information content (AvgIpc) is 2.35. The van der Waals surface area contributed by atoms with E-state index in [-0.39, 0.29) is 5.60 Å². The van der Waals surface area contributed by atoms with Crippen molar-refractivity contribution in [3.05, 3.63) is 0 Å². The number of hydrogen-bond donors (Lipinski definition) is 0. The monoisotopic (exact) mass is 256 g/mol. The molecule has 0 N–H and O–H groups in total. The summed E-state index contributed by atoms with van der Waals surface area (Å²) in [4.78, 5) is 11.7. The molecule has 0 saturated carbocycles. The highest BCUT2D eigenvalue weighted by Crippen LogP contribution is 2.17. The van der Waals surface area contributed by atoms with E-state index < -0.39 is 0 Å². The van der Waals surface area contributed by atoms with Crippen molar-refractivity contribution in [1.29, 1.82) is 0 Å². The number of ether oxygens (including phenoxy) is 1. The Hall–Kier alpha value is -0.370. The summed E-state index contributed by atoms with van der Waals surface area (Å²) < 4.78 is 5.32. The van der Waals surface area contributed by atoms with Crippen LogP contribution < -0.4 is 0 Å².